The van der Waals surface area contributed by atoms with Crippen LogP contribution in [0.5, 0.6) is 0 Å². The minimum absolute atomic E-state index is 0.385. The van der Waals surface area contributed by atoms with Crippen molar-refractivity contribution >= 4 is 5.82 Å². The lowest BCUT2D eigenvalue weighted by Gasteiger charge is -2.06. The number of aryl methyl sites for hydroxylation is 3. The lowest BCUT2D eigenvalue weighted by molar-refractivity contribution is 0.516. The molecular weight excluding hydrogens is 222 g/mol. The predicted octanol–water partition coefficient (Wildman–Crippen LogP) is -0.974. The molecule has 0 unspecified atom stereocenters. The molecule has 2 heterocycles. The average Bonchev–Trinajstić information content (AvgIpc) is 2.71. The molecule has 2 aromatic heterocycles. The van der Waals surface area contributed by atoms with Crippen molar-refractivity contribution in [3.8, 4) is 0 Å². The molecule has 0 aliphatic rings. The van der Waals surface area contributed by atoms with E-state index in [-0.39, 0.29) is 0 Å². The summed E-state index contributed by atoms with van der Waals surface area (Å²) < 4.78 is 4.24. The summed E-state index contributed by atoms with van der Waals surface area (Å²) in [6.07, 6.45) is 4.86. The Bertz CT molecular complexity index is 637. The van der Waals surface area contributed by atoms with Gasteiger partial charge in [-0.3, -0.25) is 14.3 Å². The smallest absolute Gasteiger partial charge is 0.316 e. The van der Waals surface area contributed by atoms with E-state index in [0.717, 1.165) is 0 Å². The van der Waals surface area contributed by atoms with Crippen LogP contribution in [-0.2, 0) is 20.1 Å². The molecule has 7 nitrogen and oxygen atoms in total. The maximum atomic E-state index is 11.6. The number of hydrogen-bond acceptors (Lipinski definition) is 4. The van der Waals surface area contributed by atoms with E-state index in [1.165, 1.54) is 9.13 Å². The van der Waals surface area contributed by atoms with Crippen LogP contribution >= 0.6 is 0 Å². The summed E-state index contributed by atoms with van der Waals surface area (Å²) in [4.78, 5) is 23.0. The number of nitrogens with zero attached hydrogens (tertiary/aromatic N) is 4. The van der Waals surface area contributed by atoms with Gasteiger partial charge in [0.1, 0.15) is 5.82 Å². The second-order valence-electron chi connectivity index (χ2n) is 3.72. The molecule has 0 fully saturated rings. The first-order chi connectivity index (χ1) is 8.08. The number of nitrogen functional groups attached to an aromatic ring is 1. The summed E-state index contributed by atoms with van der Waals surface area (Å²) in [5, 5.41) is 3.99. The highest BCUT2D eigenvalue weighted by atomic mass is 16.2. The van der Waals surface area contributed by atoms with Gasteiger partial charge in [0.25, 0.3) is 0 Å². The van der Waals surface area contributed by atoms with Crippen molar-refractivity contribution < 1.29 is 0 Å². The Labute approximate surface area is 96.7 Å². The average molecular weight is 235 g/mol. The van der Waals surface area contributed by atoms with Crippen molar-refractivity contribution in [1.29, 1.82) is 0 Å². The molecule has 0 aromatic carbocycles. The molecule has 0 aliphatic carbocycles. The van der Waals surface area contributed by atoms with Gasteiger partial charge < -0.3 is 14.9 Å². The zero-order valence-corrected chi connectivity index (χ0v) is 9.41. The van der Waals surface area contributed by atoms with Crippen LogP contribution in [0.25, 0.3) is 0 Å². The molecule has 2 rings (SSSR count). The third kappa shape index (κ3) is 2.27. The zero-order chi connectivity index (χ0) is 12.4. The lowest BCUT2D eigenvalue weighted by Crippen LogP contribution is -2.40. The first kappa shape index (κ1) is 11.2. The molecule has 2 aromatic rings. The highest BCUT2D eigenvalue weighted by molar-refractivity contribution is 5.23. The van der Waals surface area contributed by atoms with E-state index < -0.39 is 11.1 Å². The SMILES string of the molecule is Cn1ccn(CCn2ccc(N)n2)c(=O)c1=O. The third-order valence-electron chi connectivity index (χ3n) is 2.47. The fourth-order valence-corrected chi connectivity index (χ4v) is 1.48. The van der Waals surface area contributed by atoms with E-state index in [0.29, 0.717) is 18.9 Å². The van der Waals surface area contributed by atoms with Crippen molar-refractivity contribution in [2.45, 2.75) is 13.1 Å². The highest BCUT2D eigenvalue weighted by Crippen LogP contribution is 1.95. The van der Waals surface area contributed by atoms with E-state index in [2.05, 4.69) is 5.10 Å². The van der Waals surface area contributed by atoms with Crippen molar-refractivity contribution in [2.75, 3.05) is 5.73 Å². The largest absolute Gasteiger partial charge is 0.382 e. The lowest BCUT2D eigenvalue weighted by atomic mass is 10.5. The fraction of sp³-hybridized carbons (Fsp3) is 0.300. The van der Waals surface area contributed by atoms with Gasteiger partial charge in [0.05, 0.1) is 6.54 Å². The molecule has 0 atom stereocenters. The van der Waals surface area contributed by atoms with Crippen molar-refractivity contribution in [3.63, 3.8) is 0 Å². The van der Waals surface area contributed by atoms with Gasteiger partial charge in [-0.2, -0.15) is 5.10 Å². The van der Waals surface area contributed by atoms with Crippen LogP contribution in [0.15, 0.2) is 34.2 Å². The van der Waals surface area contributed by atoms with Gasteiger partial charge in [-0.1, -0.05) is 0 Å². The predicted molar refractivity (Wildman–Crippen MR) is 62.6 cm³/mol. The molecule has 0 saturated heterocycles. The molecule has 0 amide bonds. The number of hydrogen-bond donors (Lipinski definition) is 1. The quantitative estimate of drug-likeness (QED) is 0.693. The standard InChI is InChI=1S/C10H13N5O2/c1-13-4-5-14(10(17)9(13)16)6-7-15-3-2-8(11)12-15/h2-5H,6-7H2,1H3,(H2,11,12). The summed E-state index contributed by atoms with van der Waals surface area (Å²) in [7, 11) is 1.54. The van der Waals surface area contributed by atoms with Crippen LogP contribution in [0, 0.1) is 0 Å². The van der Waals surface area contributed by atoms with Crippen LogP contribution in [0.1, 0.15) is 0 Å². The second kappa shape index (κ2) is 4.28. The number of nitrogens with two attached hydrogens (primary N) is 1. The molecule has 7 heteroatoms. The van der Waals surface area contributed by atoms with Crippen LogP contribution in [-0.4, -0.2) is 18.9 Å². The third-order valence-corrected chi connectivity index (χ3v) is 2.47. The fourth-order valence-electron chi connectivity index (χ4n) is 1.48. The Morgan fingerprint density at radius 3 is 2.59 bits per heavy atom. The number of rotatable bonds is 3. The summed E-state index contributed by atoms with van der Waals surface area (Å²) in [6.45, 7) is 0.875. The van der Waals surface area contributed by atoms with E-state index >= 15 is 0 Å². The monoisotopic (exact) mass is 235 g/mol. The summed E-state index contributed by atoms with van der Waals surface area (Å²) in [5.41, 5.74) is 4.40. The maximum absolute atomic E-state index is 11.6. The summed E-state index contributed by atoms with van der Waals surface area (Å²) >= 11 is 0. The van der Waals surface area contributed by atoms with Crippen LogP contribution in [0.3, 0.4) is 0 Å². The molecule has 17 heavy (non-hydrogen) atoms. The molecule has 2 N–H and O–H groups in total. The Hall–Kier alpha value is -2.31. The van der Waals surface area contributed by atoms with Gasteiger partial charge in [0, 0.05) is 32.2 Å². The van der Waals surface area contributed by atoms with E-state index in [1.54, 1.807) is 36.4 Å². The Morgan fingerprint density at radius 2 is 1.94 bits per heavy atom. The van der Waals surface area contributed by atoms with Crippen molar-refractivity contribution in [2.24, 2.45) is 7.05 Å². The van der Waals surface area contributed by atoms with Gasteiger partial charge in [-0.25, -0.2) is 0 Å². The van der Waals surface area contributed by atoms with Crippen LogP contribution in [0.2, 0.25) is 0 Å². The Morgan fingerprint density at radius 1 is 1.18 bits per heavy atom. The highest BCUT2D eigenvalue weighted by Gasteiger charge is 2.02. The van der Waals surface area contributed by atoms with Gasteiger partial charge >= 0.3 is 11.1 Å². The van der Waals surface area contributed by atoms with Gasteiger partial charge in [-0.05, 0) is 6.07 Å². The molecule has 90 valence electrons. The normalized spacial score (nSPS) is 10.6. The van der Waals surface area contributed by atoms with Crippen molar-refractivity contribution in [3.05, 3.63) is 45.4 Å². The maximum Gasteiger partial charge on any atom is 0.316 e. The van der Waals surface area contributed by atoms with E-state index in [9.17, 15) is 9.59 Å². The molecule has 0 aliphatic heterocycles. The number of aromatic nitrogens is 4. The minimum atomic E-state index is -0.535. The first-order valence-corrected chi connectivity index (χ1v) is 5.13. The molecule has 0 radical (unpaired) electrons. The van der Waals surface area contributed by atoms with Gasteiger partial charge in [-0.15, -0.1) is 0 Å². The summed E-state index contributed by atoms with van der Waals surface area (Å²) in [6, 6.07) is 1.67. The molecular formula is C10H13N5O2. The molecule has 0 bridgehead atoms. The topological polar surface area (TPSA) is 87.8 Å². The van der Waals surface area contributed by atoms with Gasteiger partial charge in [0.15, 0.2) is 0 Å². The van der Waals surface area contributed by atoms with E-state index in [1.807, 2.05) is 0 Å². The van der Waals surface area contributed by atoms with Crippen LogP contribution < -0.4 is 16.9 Å². The molecule has 0 saturated carbocycles. The van der Waals surface area contributed by atoms with Crippen molar-refractivity contribution in [1.82, 2.24) is 18.9 Å². The number of anilines is 1. The molecule has 0 spiro atoms. The zero-order valence-electron chi connectivity index (χ0n) is 9.41. The Balaban J connectivity index is 2.18. The van der Waals surface area contributed by atoms with Gasteiger partial charge in [0.2, 0.25) is 0 Å². The summed E-state index contributed by atoms with van der Waals surface area (Å²) in [5.74, 6) is 0.432. The second-order valence-corrected chi connectivity index (χ2v) is 3.72. The minimum Gasteiger partial charge on any atom is -0.382 e. The Kier molecular flexibility index (Phi) is 2.82. The van der Waals surface area contributed by atoms with Crippen LogP contribution in [0.4, 0.5) is 5.82 Å². The van der Waals surface area contributed by atoms with E-state index in [4.69, 9.17) is 5.73 Å². The first-order valence-electron chi connectivity index (χ1n) is 5.13.